The van der Waals surface area contributed by atoms with Crippen LogP contribution in [0.1, 0.15) is 28.2 Å². The maximum Gasteiger partial charge on any atom is 0.0545 e. The standard InChI is InChI=1S/C51H37N/c1-33-26-41(35-16-8-3-9-17-35)31-48-49-32-42(36-18-10-4-11-19-36)30-46(51(49)52-50(33)48)40-24-25-43-44(37-20-12-5-13-21-37)28-39-23-22-38(27-45(39)47(43)29-40)34-14-6-2-7-15-34/h2-27,29-32,44,52H,28H2,1H3. The Hall–Kier alpha value is -6.44. The van der Waals surface area contributed by atoms with E-state index in [2.05, 4.69) is 194 Å². The molecule has 0 radical (unpaired) electrons. The van der Waals surface area contributed by atoms with E-state index >= 15 is 0 Å². The van der Waals surface area contributed by atoms with Crippen LogP contribution in [-0.4, -0.2) is 4.98 Å². The third kappa shape index (κ3) is 5.17. The number of fused-ring (bicyclic) bond motifs is 6. The molecule has 9 aromatic rings. The van der Waals surface area contributed by atoms with E-state index in [1.807, 2.05) is 0 Å². The van der Waals surface area contributed by atoms with Crippen molar-refractivity contribution in [1.82, 2.24) is 4.98 Å². The molecule has 1 heterocycles. The highest BCUT2D eigenvalue weighted by Crippen LogP contribution is 2.47. The maximum atomic E-state index is 3.94. The molecule has 0 amide bonds. The zero-order valence-electron chi connectivity index (χ0n) is 29.1. The summed E-state index contributed by atoms with van der Waals surface area (Å²) >= 11 is 0. The molecule has 10 rings (SSSR count). The summed E-state index contributed by atoms with van der Waals surface area (Å²) in [5.74, 6) is 0.295. The highest BCUT2D eigenvalue weighted by molar-refractivity contribution is 6.15. The Labute approximate surface area is 304 Å². The Morgan fingerprint density at radius 3 is 1.58 bits per heavy atom. The van der Waals surface area contributed by atoms with Crippen molar-refractivity contribution in [3.63, 3.8) is 0 Å². The number of H-pyrrole nitrogens is 1. The van der Waals surface area contributed by atoms with E-state index < -0.39 is 0 Å². The van der Waals surface area contributed by atoms with Crippen LogP contribution < -0.4 is 0 Å². The molecule has 1 N–H and O–H groups in total. The molecule has 0 aliphatic heterocycles. The molecule has 1 aliphatic carbocycles. The largest absolute Gasteiger partial charge is 0.354 e. The SMILES string of the molecule is Cc1cc(-c2ccccc2)cc2c1[nH]c1c(-c3ccc4c(c3)-c3cc(-c5ccccc5)ccc3CC4c3ccccc3)cc(-c3ccccc3)cc12. The average molecular weight is 664 g/mol. The molecule has 1 atom stereocenters. The lowest BCUT2D eigenvalue weighted by atomic mass is 9.74. The van der Waals surface area contributed by atoms with Crippen LogP contribution in [0, 0.1) is 6.92 Å². The predicted octanol–water partition coefficient (Wildman–Crippen LogP) is 13.7. The number of aromatic amines is 1. The Morgan fingerprint density at radius 1 is 0.404 bits per heavy atom. The first-order chi connectivity index (χ1) is 25.7. The molecule has 8 aromatic carbocycles. The van der Waals surface area contributed by atoms with Gasteiger partial charge in [0.15, 0.2) is 0 Å². The van der Waals surface area contributed by atoms with Gasteiger partial charge in [-0.05, 0) is 122 Å². The zero-order valence-corrected chi connectivity index (χ0v) is 29.1. The highest BCUT2D eigenvalue weighted by atomic mass is 14.7. The van der Waals surface area contributed by atoms with E-state index in [1.165, 1.54) is 99.7 Å². The third-order valence-corrected chi connectivity index (χ3v) is 11.1. The Morgan fingerprint density at radius 2 is 0.923 bits per heavy atom. The minimum absolute atomic E-state index is 0.295. The van der Waals surface area contributed by atoms with E-state index in [9.17, 15) is 0 Å². The van der Waals surface area contributed by atoms with Crippen molar-refractivity contribution in [1.29, 1.82) is 0 Å². The van der Waals surface area contributed by atoms with Gasteiger partial charge < -0.3 is 4.98 Å². The molecule has 52 heavy (non-hydrogen) atoms. The van der Waals surface area contributed by atoms with Crippen LogP contribution >= 0.6 is 0 Å². The smallest absolute Gasteiger partial charge is 0.0545 e. The van der Waals surface area contributed by atoms with Crippen molar-refractivity contribution in [3.05, 3.63) is 204 Å². The average Bonchev–Trinajstić information content (AvgIpc) is 3.60. The zero-order chi connectivity index (χ0) is 34.6. The van der Waals surface area contributed by atoms with Crippen LogP contribution in [0.25, 0.3) is 77.4 Å². The fourth-order valence-corrected chi connectivity index (χ4v) is 8.49. The van der Waals surface area contributed by atoms with Gasteiger partial charge >= 0.3 is 0 Å². The molecule has 0 fully saturated rings. The summed E-state index contributed by atoms with van der Waals surface area (Å²) in [7, 11) is 0. The van der Waals surface area contributed by atoms with Crippen LogP contribution in [-0.2, 0) is 6.42 Å². The quantitative estimate of drug-likeness (QED) is 0.189. The summed E-state index contributed by atoms with van der Waals surface area (Å²) < 4.78 is 0. The number of nitrogens with one attached hydrogen (secondary N) is 1. The summed E-state index contributed by atoms with van der Waals surface area (Å²) in [6.45, 7) is 2.23. The lowest BCUT2D eigenvalue weighted by Gasteiger charge is -2.29. The maximum absolute atomic E-state index is 3.94. The predicted molar refractivity (Wildman–Crippen MR) is 220 cm³/mol. The molecule has 0 saturated heterocycles. The molecular weight excluding hydrogens is 627 g/mol. The number of rotatable bonds is 5. The topological polar surface area (TPSA) is 15.8 Å². The van der Waals surface area contributed by atoms with Crippen LogP contribution in [0.2, 0.25) is 0 Å². The van der Waals surface area contributed by atoms with E-state index in [-0.39, 0.29) is 0 Å². The molecule has 1 aliphatic rings. The van der Waals surface area contributed by atoms with Gasteiger partial charge in [-0.15, -0.1) is 0 Å². The van der Waals surface area contributed by atoms with Gasteiger partial charge in [0.05, 0.1) is 5.52 Å². The van der Waals surface area contributed by atoms with Gasteiger partial charge in [0, 0.05) is 27.8 Å². The van der Waals surface area contributed by atoms with Gasteiger partial charge in [0.25, 0.3) is 0 Å². The molecule has 1 nitrogen and oxygen atoms in total. The van der Waals surface area contributed by atoms with Crippen LogP contribution in [0.5, 0.6) is 0 Å². The van der Waals surface area contributed by atoms with Crippen molar-refractivity contribution in [2.45, 2.75) is 19.3 Å². The van der Waals surface area contributed by atoms with Gasteiger partial charge in [-0.1, -0.05) is 146 Å². The number of hydrogen-bond donors (Lipinski definition) is 1. The Balaban J connectivity index is 1.22. The van der Waals surface area contributed by atoms with E-state index in [1.54, 1.807) is 0 Å². The summed E-state index contributed by atoms with van der Waals surface area (Å²) in [6, 6.07) is 67.1. The number of benzene rings is 8. The van der Waals surface area contributed by atoms with Crippen LogP contribution in [0.4, 0.5) is 0 Å². The van der Waals surface area contributed by atoms with E-state index in [0.29, 0.717) is 5.92 Å². The highest BCUT2D eigenvalue weighted by Gasteiger charge is 2.27. The van der Waals surface area contributed by atoms with Crippen molar-refractivity contribution in [2.75, 3.05) is 0 Å². The van der Waals surface area contributed by atoms with Crippen molar-refractivity contribution in [3.8, 4) is 55.6 Å². The van der Waals surface area contributed by atoms with Crippen molar-refractivity contribution in [2.24, 2.45) is 0 Å². The fourth-order valence-electron chi connectivity index (χ4n) is 8.49. The first kappa shape index (κ1) is 30.4. The summed E-state index contributed by atoms with van der Waals surface area (Å²) in [6.07, 6.45) is 0.986. The minimum atomic E-state index is 0.295. The summed E-state index contributed by atoms with van der Waals surface area (Å²) in [5, 5.41) is 2.51. The molecule has 0 spiro atoms. The van der Waals surface area contributed by atoms with Gasteiger partial charge in [0.1, 0.15) is 0 Å². The second-order valence-corrected chi connectivity index (χ2v) is 14.2. The molecule has 0 bridgehead atoms. The third-order valence-electron chi connectivity index (χ3n) is 11.1. The van der Waals surface area contributed by atoms with Gasteiger partial charge in [-0.2, -0.15) is 0 Å². The van der Waals surface area contributed by atoms with E-state index in [0.717, 1.165) is 6.42 Å². The van der Waals surface area contributed by atoms with Gasteiger partial charge in [0.2, 0.25) is 0 Å². The Bertz CT molecular complexity index is 2740. The van der Waals surface area contributed by atoms with Crippen molar-refractivity contribution < 1.29 is 0 Å². The second kappa shape index (κ2) is 12.4. The molecule has 0 saturated carbocycles. The lowest BCUT2D eigenvalue weighted by Crippen LogP contribution is -2.13. The van der Waals surface area contributed by atoms with E-state index in [4.69, 9.17) is 0 Å². The molecular formula is C51H37N. The fraction of sp³-hybridized carbons (Fsp3) is 0.0588. The monoisotopic (exact) mass is 663 g/mol. The number of aromatic nitrogens is 1. The minimum Gasteiger partial charge on any atom is -0.354 e. The molecule has 1 heteroatoms. The first-order valence-electron chi connectivity index (χ1n) is 18.3. The lowest BCUT2D eigenvalue weighted by molar-refractivity contribution is 0.794. The molecule has 246 valence electrons. The second-order valence-electron chi connectivity index (χ2n) is 14.2. The molecule has 1 unspecified atom stereocenters. The number of aryl methyl sites for hydroxylation is 1. The number of hydrogen-bond acceptors (Lipinski definition) is 0. The summed E-state index contributed by atoms with van der Waals surface area (Å²) in [4.78, 5) is 3.94. The molecule has 1 aromatic heterocycles. The van der Waals surface area contributed by atoms with Gasteiger partial charge in [-0.25, -0.2) is 0 Å². The van der Waals surface area contributed by atoms with Crippen LogP contribution in [0.15, 0.2) is 182 Å². The van der Waals surface area contributed by atoms with Crippen LogP contribution in [0.3, 0.4) is 0 Å². The Kier molecular flexibility index (Phi) is 7.25. The first-order valence-corrected chi connectivity index (χ1v) is 18.3. The summed E-state index contributed by atoms with van der Waals surface area (Å²) in [5.41, 5.74) is 20.3. The normalized spacial score (nSPS) is 13.6. The van der Waals surface area contributed by atoms with Crippen molar-refractivity contribution >= 4 is 21.8 Å². The van der Waals surface area contributed by atoms with Gasteiger partial charge in [-0.3, -0.25) is 0 Å².